The predicted molar refractivity (Wildman–Crippen MR) is 96.6 cm³/mol. The van der Waals surface area contributed by atoms with Crippen molar-refractivity contribution in [1.82, 2.24) is 10.2 Å². The molecule has 1 aromatic heterocycles. The minimum absolute atomic E-state index is 0.0513. The van der Waals surface area contributed by atoms with E-state index >= 15 is 0 Å². The van der Waals surface area contributed by atoms with Gasteiger partial charge in [0.05, 0.1) is 5.25 Å². The van der Waals surface area contributed by atoms with Gasteiger partial charge in [-0.3, -0.25) is 4.79 Å². The van der Waals surface area contributed by atoms with Crippen LogP contribution < -0.4 is 5.32 Å². The molecule has 0 amide bonds. The summed E-state index contributed by atoms with van der Waals surface area (Å²) in [6.07, 6.45) is 2.92. The molecule has 3 rings (SSSR count). The van der Waals surface area contributed by atoms with Crippen molar-refractivity contribution in [3.8, 4) is 0 Å². The molecule has 2 aromatic rings. The summed E-state index contributed by atoms with van der Waals surface area (Å²) in [4.78, 5) is 12.8. The highest BCUT2D eigenvalue weighted by Gasteiger charge is 2.27. The standard InChI is InChI=1S/C17H21N3OS2/c1-11(2)10-18-16-19-20-17(23-16)22-14-9-5-7-12-6-3-4-8-13(12)15(14)21/h3-4,6,8,11,14H,5,7,9-10H2,1-2H3,(H,18,19). The number of aromatic nitrogens is 2. The highest BCUT2D eigenvalue weighted by atomic mass is 32.2. The fraction of sp³-hybridized carbons (Fsp3) is 0.471. The molecule has 4 nitrogen and oxygen atoms in total. The molecule has 1 atom stereocenters. The Morgan fingerprint density at radius 2 is 2.17 bits per heavy atom. The van der Waals surface area contributed by atoms with Crippen LogP contribution in [-0.4, -0.2) is 27.8 Å². The van der Waals surface area contributed by atoms with Crippen LogP contribution in [0.15, 0.2) is 28.6 Å². The number of nitrogens with zero attached hydrogens (tertiary/aromatic N) is 2. The van der Waals surface area contributed by atoms with E-state index in [9.17, 15) is 4.79 Å². The largest absolute Gasteiger partial charge is 0.360 e. The average molecular weight is 348 g/mol. The van der Waals surface area contributed by atoms with Gasteiger partial charge in [0, 0.05) is 12.1 Å². The molecule has 1 unspecified atom stereocenters. The summed E-state index contributed by atoms with van der Waals surface area (Å²) in [6.45, 7) is 5.20. The smallest absolute Gasteiger partial charge is 0.206 e. The number of thioether (sulfide) groups is 1. The first kappa shape index (κ1) is 16.5. The van der Waals surface area contributed by atoms with Crippen LogP contribution in [0, 0.1) is 5.92 Å². The van der Waals surface area contributed by atoms with Crippen LogP contribution in [-0.2, 0) is 6.42 Å². The van der Waals surface area contributed by atoms with E-state index in [-0.39, 0.29) is 11.0 Å². The third-order valence-electron chi connectivity index (χ3n) is 3.80. The van der Waals surface area contributed by atoms with Crippen LogP contribution in [0.3, 0.4) is 0 Å². The fourth-order valence-corrected chi connectivity index (χ4v) is 4.73. The van der Waals surface area contributed by atoms with E-state index in [2.05, 4.69) is 35.4 Å². The molecule has 0 fully saturated rings. The molecule has 1 heterocycles. The van der Waals surface area contributed by atoms with Crippen LogP contribution in [0.25, 0.3) is 0 Å². The minimum atomic E-state index is -0.0513. The second-order valence-corrected chi connectivity index (χ2v) is 8.60. The maximum Gasteiger partial charge on any atom is 0.206 e. The Morgan fingerprint density at radius 1 is 1.35 bits per heavy atom. The molecule has 0 bridgehead atoms. The Hall–Kier alpha value is -1.40. The lowest BCUT2D eigenvalue weighted by atomic mass is 10.0. The van der Waals surface area contributed by atoms with Gasteiger partial charge in [0.25, 0.3) is 0 Å². The van der Waals surface area contributed by atoms with Gasteiger partial charge >= 0.3 is 0 Å². The molecular weight excluding hydrogens is 326 g/mol. The summed E-state index contributed by atoms with van der Waals surface area (Å²) in [5.74, 6) is 0.796. The van der Waals surface area contributed by atoms with Crippen molar-refractivity contribution in [2.75, 3.05) is 11.9 Å². The number of hydrogen-bond donors (Lipinski definition) is 1. The lowest BCUT2D eigenvalue weighted by molar-refractivity contribution is 0.0988. The second kappa shape index (κ2) is 7.45. The van der Waals surface area contributed by atoms with Crippen LogP contribution in [0.2, 0.25) is 0 Å². The topological polar surface area (TPSA) is 54.9 Å². The van der Waals surface area contributed by atoms with Gasteiger partial charge in [0.15, 0.2) is 10.1 Å². The van der Waals surface area contributed by atoms with Gasteiger partial charge in [-0.25, -0.2) is 0 Å². The van der Waals surface area contributed by atoms with Gasteiger partial charge in [0.1, 0.15) is 0 Å². The Labute approximate surface area is 145 Å². The minimum Gasteiger partial charge on any atom is -0.360 e. The molecule has 23 heavy (non-hydrogen) atoms. The van der Waals surface area contributed by atoms with E-state index in [0.29, 0.717) is 5.92 Å². The van der Waals surface area contributed by atoms with Crippen molar-refractivity contribution >= 4 is 34.0 Å². The van der Waals surface area contributed by atoms with Gasteiger partial charge in [-0.15, -0.1) is 10.2 Å². The first-order valence-electron chi connectivity index (χ1n) is 7.99. The van der Waals surface area contributed by atoms with E-state index in [1.807, 2.05) is 18.2 Å². The van der Waals surface area contributed by atoms with E-state index in [4.69, 9.17) is 0 Å². The summed E-state index contributed by atoms with van der Waals surface area (Å²) >= 11 is 3.10. The Bertz CT molecular complexity index is 684. The average Bonchev–Trinajstić information content (AvgIpc) is 2.93. The zero-order valence-corrected chi connectivity index (χ0v) is 15.0. The lowest BCUT2D eigenvalue weighted by Crippen LogP contribution is -2.16. The molecule has 122 valence electrons. The van der Waals surface area contributed by atoms with Crippen molar-refractivity contribution < 1.29 is 4.79 Å². The van der Waals surface area contributed by atoms with Crippen molar-refractivity contribution in [3.63, 3.8) is 0 Å². The maximum absolute atomic E-state index is 12.8. The molecule has 1 aliphatic rings. The third-order valence-corrected chi connectivity index (χ3v) is 6.03. The van der Waals surface area contributed by atoms with Gasteiger partial charge in [-0.1, -0.05) is 61.2 Å². The predicted octanol–water partition coefficient (Wildman–Crippen LogP) is 4.29. The molecule has 0 radical (unpaired) electrons. The zero-order valence-electron chi connectivity index (χ0n) is 13.4. The normalized spacial score (nSPS) is 17.9. The molecule has 0 saturated carbocycles. The van der Waals surface area contributed by atoms with Crippen LogP contribution in [0.1, 0.15) is 42.6 Å². The van der Waals surface area contributed by atoms with Gasteiger partial charge in [0.2, 0.25) is 5.13 Å². The number of nitrogens with one attached hydrogen (secondary N) is 1. The number of Topliss-reactive ketones (excluding diaryl/α,β-unsaturated/α-hetero) is 1. The summed E-state index contributed by atoms with van der Waals surface area (Å²) in [5, 5.41) is 12.5. The monoisotopic (exact) mass is 347 g/mol. The molecule has 1 N–H and O–H groups in total. The number of rotatable bonds is 5. The van der Waals surface area contributed by atoms with E-state index < -0.39 is 0 Å². The molecule has 0 saturated heterocycles. The SMILES string of the molecule is CC(C)CNc1nnc(SC2CCCc3ccccc3C2=O)s1. The van der Waals surface area contributed by atoms with Crippen molar-refractivity contribution in [3.05, 3.63) is 35.4 Å². The van der Waals surface area contributed by atoms with Crippen LogP contribution in [0.5, 0.6) is 0 Å². The molecule has 1 aliphatic carbocycles. The number of anilines is 1. The third kappa shape index (κ3) is 4.12. The Morgan fingerprint density at radius 3 is 3.00 bits per heavy atom. The number of carbonyl (C=O) groups excluding carboxylic acids is 1. The van der Waals surface area contributed by atoms with Crippen LogP contribution in [0.4, 0.5) is 5.13 Å². The zero-order chi connectivity index (χ0) is 16.2. The number of aryl methyl sites for hydroxylation is 1. The van der Waals surface area contributed by atoms with E-state index in [1.165, 1.54) is 16.9 Å². The molecular formula is C17H21N3OS2. The van der Waals surface area contributed by atoms with Gasteiger partial charge in [-0.2, -0.15) is 0 Å². The van der Waals surface area contributed by atoms with E-state index in [0.717, 1.165) is 40.8 Å². The first-order chi connectivity index (χ1) is 11.1. The molecule has 1 aromatic carbocycles. The Balaban J connectivity index is 1.69. The number of hydrogen-bond acceptors (Lipinski definition) is 6. The van der Waals surface area contributed by atoms with Gasteiger partial charge in [-0.05, 0) is 30.7 Å². The number of fused-ring (bicyclic) bond motifs is 1. The molecule has 0 spiro atoms. The second-order valence-electron chi connectivity index (χ2n) is 6.17. The van der Waals surface area contributed by atoms with Crippen molar-refractivity contribution in [2.45, 2.75) is 42.7 Å². The van der Waals surface area contributed by atoms with E-state index in [1.54, 1.807) is 11.8 Å². The number of ketones is 1. The maximum atomic E-state index is 12.8. The number of benzene rings is 1. The summed E-state index contributed by atoms with van der Waals surface area (Å²) in [5.41, 5.74) is 2.06. The lowest BCUT2D eigenvalue weighted by Gasteiger charge is -2.10. The van der Waals surface area contributed by atoms with Gasteiger partial charge < -0.3 is 5.32 Å². The summed E-state index contributed by atoms with van der Waals surface area (Å²) < 4.78 is 0.869. The Kier molecular flexibility index (Phi) is 5.33. The highest BCUT2D eigenvalue weighted by Crippen LogP contribution is 2.35. The quantitative estimate of drug-likeness (QED) is 0.818. The van der Waals surface area contributed by atoms with Crippen LogP contribution >= 0.6 is 23.1 Å². The molecule has 0 aliphatic heterocycles. The van der Waals surface area contributed by atoms with Crippen molar-refractivity contribution in [2.24, 2.45) is 5.92 Å². The molecule has 6 heteroatoms. The summed E-state index contributed by atoms with van der Waals surface area (Å²) in [6, 6.07) is 7.98. The summed E-state index contributed by atoms with van der Waals surface area (Å²) in [7, 11) is 0. The number of carbonyl (C=O) groups is 1. The van der Waals surface area contributed by atoms with Crippen molar-refractivity contribution in [1.29, 1.82) is 0 Å². The first-order valence-corrected chi connectivity index (χ1v) is 9.69. The highest BCUT2D eigenvalue weighted by molar-refractivity contribution is 8.02. The fourth-order valence-electron chi connectivity index (χ4n) is 2.62.